The summed E-state index contributed by atoms with van der Waals surface area (Å²) in [6.45, 7) is 7.25. The van der Waals surface area contributed by atoms with E-state index in [1.54, 1.807) is 18.2 Å². The second-order valence-corrected chi connectivity index (χ2v) is 8.56. The number of anilines is 1. The van der Waals surface area contributed by atoms with Crippen LogP contribution in [0, 0.1) is 0 Å². The van der Waals surface area contributed by atoms with Gasteiger partial charge in [-0.3, -0.25) is 9.10 Å². The van der Waals surface area contributed by atoms with E-state index in [4.69, 9.17) is 4.74 Å². The molecule has 7 heteroatoms. The lowest BCUT2D eigenvalue weighted by Crippen LogP contribution is -2.40. The van der Waals surface area contributed by atoms with E-state index < -0.39 is 15.6 Å². The number of hydrogen-bond donors (Lipinski definition) is 1. The van der Waals surface area contributed by atoms with Gasteiger partial charge in [0.2, 0.25) is 10.0 Å². The number of amides is 1. The third-order valence-corrected chi connectivity index (χ3v) is 5.21. The van der Waals surface area contributed by atoms with Crippen LogP contribution in [0.2, 0.25) is 0 Å². The number of sulfonamides is 1. The number of nitrogens with one attached hydrogen (secondary N) is 1. The van der Waals surface area contributed by atoms with E-state index in [1.807, 2.05) is 20.8 Å². The molecule has 1 aliphatic rings. The largest absolute Gasteiger partial charge is 0.374 e. The molecule has 0 bridgehead atoms. The summed E-state index contributed by atoms with van der Waals surface area (Å²) in [6.07, 6.45) is 2.73. The summed E-state index contributed by atoms with van der Waals surface area (Å²) in [5, 5.41) is 2.88. The van der Waals surface area contributed by atoms with Crippen molar-refractivity contribution in [1.29, 1.82) is 0 Å². The van der Waals surface area contributed by atoms with Gasteiger partial charge in [0.1, 0.15) is 0 Å². The minimum absolute atomic E-state index is 0.179. The highest BCUT2D eigenvalue weighted by molar-refractivity contribution is 7.92. The first-order valence-electron chi connectivity index (χ1n) is 8.17. The normalized spacial score (nSPS) is 15.1. The average Bonchev–Trinajstić information content (AvgIpc) is 2.50. The molecule has 0 aromatic heterocycles. The zero-order chi connectivity index (χ0) is 18.0. The first-order chi connectivity index (χ1) is 11.1. The number of fused-ring (bicyclic) bond motifs is 1. The van der Waals surface area contributed by atoms with Crippen LogP contribution in [0.4, 0.5) is 5.69 Å². The molecule has 0 fully saturated rings. The summed E-state index contributed by atoms with van der Waals surface area (Å²) in [6, 6.07) is 5.18. The molecule has 0 atom stereocenters. The summed E-state index contributed by atoms with van der Waals surface area (Å²) in [5.41, 5.74) is 1.68. The molecule has 1 amide bonds. The van der Waals surface area contributed by atoms with Crippen molar-refractivity contribution in [3.8, 4) is 0 Å². The monoisotopic (exact) mass is 354 g/mol. The number of carbonyl (C=O) groups excluding carboxylic acids is 1. The first-order valence-corrected chi connectivity index (χ1v) is 10.0. The van der Waals surface area contributed by atoms with Gasteiger partial charge in [-0.25, -0.2) is 8.42 Å². The van der Waals surface area contributed by atoms with Crippen LogP contribution >= 0.6 is 0 Å². The lowest BCUT2D eigenvalue weighted by Gasteiger charge is -2.29. The third kappa shape index (κ3) is 4.48. The minimum atomic E-state index is -3.29. The van der Waals surface area contributed by atoms with E-state index in [0.29, 0.717) is 30.9 Å². The first kappa shape index (κ1) is 18.7. The molecule has 0 spiro atoms. The van der Waals surface area contributed by atoms with E-state index in [1.165, 1.54) is 10.6 Å². The Bertz CT molecular complexity index is 713. The van der Waals surface area contributed by atoms with Crippen LogP contribution in [-0.4, -0.2) is 45.9 Å². The van der Waals surface area contributed by atoms with Crippen molar-refractivity contribution >= 4 is 21.6 Å². The van der Waals surface area contributed by atoms with Crippen LogP contribution in [0.1, 0.15) is 43.1 Å². The highest BCUT2D eigenvalue weighted by atomic mass is 32.2. The number of aryl methyl sites for hydroxylation is 1. The van der Waals surface area contributed by atoms with Gasteiger partial charge in [0.15, 0.2) is 0 Å². The summed E-state index contributed by atoms with van der Waals surface area (Å²) in [5.74, 6) is -0.179. The van der Waals surface area contributed by atoms with E-state index in [9.17, 15) is 13.2 Å². The Morgan fingerprint density at radius 2 is 2.08 bits per heavy atom. The third-order valence-electron chi connectivity index (χ3n) is 4.03. The molecule has 0 saturated heterocycles. The van der Waals surface area contributed by atoms with Crippen molar-refractivity contribution < 1.29 is 17.9 Å². The smallest absolute Gasteiger partial charge is 0.251 e. The molecule has 1 N–H and O–H groups in total. The predicted molar refractivity (Wildman–Crippen MR) is 95.0 cm³/mol. The van der Waals surface area contributed by atoms with Gasteiger partial charge in [-0.1, -0.05) is 0 Å². The van der Waals surface area contributed by atoms with Crippen LogP contribution in [0.5, 0.6) is 0 Å². The molecule has 1 heterocycles. The average molecular weight is 354 g/mol. The fourth-order valence-electron chi connectivity index (χ4n) is 2.89. The maximum Gasteiger partial charge on any atom is 0.251 e. The molecular formula is C17H26N2O4S. The molecule has 0 radical (unpaired) electrons. The molecular weight excluding hydrogens is 328 g/mol. The number of ether oxygens (including phenoxy) is 1. The highest BCUT2D eigenvalue weighted by Crippen LogP contribution is 2.29. The van der Waals surface area contributed by atoms with Gasteiger partial charge >= 0.3 is 0 Å². The summed E-state index contributed by atoms with van der Waals surface area (Å²) < 4.78 is 30.7. The van der Waals surface area contributed by atoms with Crippen LogP contribution in [-0.2, 0) is 21.2 Å². The van der Waals surface area contributed by atoms with E-state index in [0.717, 1.165) is 18.4 Å². The molecule has 1 aromatic rings. The van der Waals surface area contributed by atoms with Gasteiger partial charge in [0, 0.05) is 25.3 Å². The molecule has 1 aromatic carbocycles. The van der Waals surface area contributed by atoms with E-state index >= 15 is 0 Å². The van der Waals surface area contributed by atoms with Gasteiger partial charge in [-0.2, -0.15) is 0 Å². The molecule has 134 valence electrons. The Balaban J connectivity index is 2.15. The minimum Gasteiger partial charge on any atom is -0.374 e. The molecule has 24 heavy (non-hydrogen) atoms. The van der Waals surface area contributed by atoms with E-state index in [2.05, 4.69) is 5.32 Å². The van der Waals surface area contributed by atoms with Crippen molar-refractivity contribution in [2.45, 2.75) is 39.2 Å². The van der Waals surface area contributed by atoms with Gasteiger partial charge in [0.25, 0.3) is 5.91 Å². The fraction of sp³-hybridized carbons (Fsp3) is 0.588. The highest BCUT2D eigenvalue weighted by Gasteiger charge is 2.25. The second kappa shape index (κ2) is 7.11. The van der Waals surface area contributed by atoms with Gasteiger partial charge in [-0.15, -0.1) is 0 Å². The van der Waals surface area contributed by atoms with Crippen LogP contribution < -0.4 is 9.62 Å². The van der Waals surface area contributed by atoms with Crippen molar-refractivity contribution in [2.24, 2.45) is 0 Å². The summed E-state index contributed by atoms with van der Waals surface area (Å²) in [7, 11) is -3.29. The lowest BCUT2D eigenvalue weighted by molar-refractivity contribution is -0.00815. The molecule has 2 rings (SSSR count). The summed E-state index contributed by atoms with van der Waals surface area (Å²) in [4.78, 5) is 12.4. The zero-order valence-corrected chi connectivity index (χ0v) is 15.6. The second-order valence-electron chi connectivity index (χ2n) is 6.66. The number of nitrogens with zero attached hydrogens (tertiary/aromatic N) is 1. The maximum atomic E-state index is 12.4. The van der Waals surface area contributed by atoms with Gasteiger partial charge in [-0.05, 0) is 57.4 Å². The fourth-order valence-corrected chi connectivity index (χ4v) is 3.88. The van der Waals surface area contributed by atoms with Crippen molar-refractivity contribution in [2.75, 3.05) is 30.3 Å². The Morgan fingerprint density at radius 1 is 1.38 bits per heavy atom. The standard InChI is InChI=1S/C17H26N2O4S/c1-5-23-17(2,3)12-18-16(20)14-8-9-15-13(11-14)7-6-10-19(15)24(4,21)22/h8-9,11H,5-7,10,12H2,1-4H3,(H,18,20). The lowest BCUT2D eigenvalue weighted by atomic mass is 10.0. The molecule has 0 unspecified atom stereocenters. The predicted octanol–water partition coefficient (Wildman–Crippen LogP) is 1.94. The molecule has 6 nitrogen and oxygen atoms in total. The van der Waals surface area contributed by atoms with Crippen LogP contribution in [0.3, 0.4) is 0 Å². The number of rotatable bonds is 6. The zero-order valence-electron chi connectivity index (χ0n) is 14.8. The molecule has 0 saturated carbocycles. The summed E-state index contributed by atoms with van der Waals surface area (Å²) >= 11 is 0. The number of hydrogen-bond acceptors (Lipinski definition) is 4. The van der Waals surface area contributed by atoms with Crippen molar-refractivity contribution in [3.63, 3.8) is 0 Å². The maximum absolute atomic E-state index is 12.4. The van der Waals surface area contributed by atoms with Crippen LogP contribution in [0.15, 0.2) is 18.2 Å². The van der Waals surface area contributed by atoms with Crippen molar-refractivity contribution in [1.82, 2.24) is 5.32 Å². The number of benzene rings is 1. The van der Waals surface area contributed by atoms with Gasteiger partial charge in [0.05, 0.1) is 17.5 Å². The Hall–Kier alpha value is -1.60. The SMILES string of the molecule is CCOC(C)(C)CNC(=O)c1ccc2c(c1)CCCN2S(C)(=O)=O. The Labute approximate surface area is 144 Å². The topological polar surface area (TPSA) is 75.7 Å². The van der Waals surface area contributed by atoms with Crippen molar-refractivity contribution in [3.05, 3.63) is 29.3 Å². The molecule has 0 aliphatic carbocycles. The quantitative estimate of drug-likeness (QED) is 0.847. The Kier molecular flexibility index (Phi) is 5.55. The Morgan fingerprint density at radius 3 is 2.71 bits per heavy atom. The number of carbonyl (C=O) groups is 1. The molecule has 1 aliphatic heterocycles. The van der Waals surface area contributed by atoms with E-state index in [-0.39, 0.29) is 5.91 Å². The van der Waals surface area contributed by atoms with Crippen LogP contribution in [0.25, 0.3) is 0 Å². The van der Waals surface area contributed by atoms with Gasteiger partial charge < -0.3 is 10.1 Å².